The summed E-state index contributed by atoms with van der Waals surface area (Å²) in [5.41, 5.74) is 2.20. The number of alkyl halides is 3. The Labute approximate surface area is 189 Å². The molecule has 0 aromatic heterocycles. The molecule has 4 rings (SSSR count). The van der Waals surface area contributed by atoms with Crippen LogP contribution in [0, 0.1) is 30.2 Å². The summed E-state index contributed by atoms with van der Waals surface area (Å²) in [5.74, 6) is -6.56. The van der Waals surface area contributed by atoms with Crippen LogP contribution >= 0.6 is 0 Å². The van der Waals surface area contributed by atoms with Crippen molar-refractivity contribution in [1.29, 1.82) is 0 Å². The summed E-state index contributed by atoms with van der Waals surface area (Å²) in [6, 6.07) is 13.8. The molecule has 0 bridgehead atoms. The van der Waals surface area contributed by atoms with Crippen molar-refractivity contribution in [2.24, 2.45) is 0 Å². The van der Waals surface area contributed by atoms with E-state index in [0.717, 1.165) is 18.2 Å². The molecular formula is C25H15F7O2. The van der Waals surface area contributed by atoms with Crippen LogP contribution in [0.15, 0.2) is 60.7 Å². The van der Waals surface area contributed by atoms with Crippen LogP contribution in [0.1, 0.15) is 11.1 Å². The average molecular weight is 480 g/mol. The molecule has 0 unspecified atom stereocenters. The Balaban J connectivity index is 1.56. The van der Waals surface area contributed by atoms with E-state index in [9.17, 15) is 30.7 Å². The molecule has 0 amide bonds. The topological polar surface area (TPSA) is 18.5 Å². The Kier molecular flexibility index (Phi) is 6.12. The number of benzene rings is 4. The van der Waals surface area contributed by atoms with Crippen molar-refractivity contribution < 1.29 is 40.2 Å². The Morgan fingerprint density at radius 2 is 1.29 bits per heavy atom. The summed E-state index contributed by atoms with van der Waals surface area (Å²) < 4.78 is 102. The van der Waals surface area contributed by atoms with E-state index in [1.807, 2.05) is 0 Å². The normalized spacial score (nSPS) is 11.6. The number of ether oxygens (including phenoxy) is 2. The van der Waals surface area contributed by atoms with Crippen molar-refractivity contribution in [2.75, 3.05) is 0 Å². The predicted octanol–water partition coefficient (Wildman–Crippen LogP) is 7.85. The highest BCUT2D eigenvalue weighted by Crippen LogP contribution is 2.35. The van der Waals surface area contributed by atoms with Crippen LogP contribution in [-0.4, -0.2) is 6.36 Å². The first-order valence-corrected chi connectivity index (χ1v) is 9.87. The molecule has 0 saturated heterocycles. The highest BCUT2D eigenvalue weighted by molar-refractivity contribution is 5.89. The van der Waals surface area contributed by atoms with Crippen molar-refractivity contribution in [1.82, 2.24) is 0 Å². The van der Waals surface area contributed by atoms with Gasteiger partial charge in [-0.3, -0.25) is 0 Å². The van der Waals surface area contributed by atoms with E-state index >= 15 is 0 Å². The van der Waals surface area contributed by atoms with Crippen molar-refractivity contribution in [2.45, 2.75) is 19.9 Å². The number of rotatable bonds is 5. The summed E-state index contributed by atoms with van der Waals surface area (Å²) in [7, 11) is 0. The first-order valence-electron chi connectivity index (χ1n) is 9.87. The van der Waals surface area contributed by atoms with Crippen LogP contribution in [0.25, 0.3) is 21.9 Å². The average Bonchev–Trinajstić information content (AvgIpc) is 2.75. The second-order valence-corrected chi connectivity index (χ2v) is 7.53. The van der Waals surface area contributed by atoms with Crippen molar-refractivity contribution >= 4 is 10.8 Å². The zero-order valence-electron chi connectivity index (χ0n) is 17.4. The maximum atomic E-state index is 14.4. The van der Waals surface area contributed by atoms with Crippen molar-refractivity contribution in [3.8, 4) is 22.6 Å². The quantitative estimate of drug-likeness (QED) is 0.271. The maximum absolute atomic E-state index is 14.4. The zero-order valence-corrected chi connectivity index (χ0v) is 17.4. The highest BCUT2D eigenvalue weighted by atomic mass is 19.4. The molecule has 176 valence electrons. The monoisotopic (exact) mass is 480 g/mol. The molecule has 0 heterocycles. The van der Waals surface area contributed by atoms with Gasteiger partial charge in [-0.05, 0) is 58.8 Å². The van der Waals surface area contributed by atoms with Gasteiger partial charge in [-0.15, -0.1) is 13.2 Å². The lowest BCUT2D eigenvalue weighted by Crippen LogP contribution is -2.19. The smallest absolute Gasteiger partial charge is 0.483 e. The molecule has 4 aromatic rings. The molecule has 0 aliphatic carbocycles. The summed E-state index contributed by atoms with van der Waals surface area (Å²) in [5, 5.41) is -0.198. The minimum Gasteiger partial charge on any atom is -0.483 e. The molecule has 0 aliphatic heterocycles. The summed E-state index contributed by atoms with van der Waals surface area (Å²) in [6.07, 6.45) is -5.24. The van der Waals surface area contributed by atoms with E-state index in [4.69, 9.17) is 4.74 Å². The van der Waals surface area contributed by atoms with Gasteiger partial charge in [0.05, 0.1) is 0 Å². The molecular weight excluding hydrogens is 465 g/mol. The number of aryl methyl sites for hydroxylation is 1. The lowest BCUT2D eigenvalue weighted by atomic mass is 10.00. The third kappa shape index (κ3) is 4.93. The van der Waals surface area contributed by atoms with Crippen molar-refractivity contribution in [3.63, 3.8) is 0 Å². The second-order valence-electron chi connectivity index (χ2n) is 7.53. The van der Waals surface area contributed by atoms with Crippen LogP contribution in [0.4, 0.5) is 30.7 Å². The predicted molar refractivity (Wildman–Crippen MR) is 111 cm³/mol. The minimum atomic E-state index is -5.24. The lowest BCUT2D eigenvalue weighted by molar-refractivity contribution is -0.276. The number of hydrogen-bond acceptors (Lipinski definition) is 2. The maximum Gasteiger partial charge on any atom is 0.573 e. The Hall–Kier alpha value is -3.75. The molecule has 0 aliphatic rings. The number of hydrogen-bond donors (Lipinski definition) is 0. The Morgan fingerprint density at radius 1 is 0.706 bits per heavy atom. The first kappa shape index (κ1) is 23.4. The van der Waals surface area contributed by atoms with Gasteiger partial charge in [-0.25, -0.2) is 17.6 Å². The molecule has 0 fully saturated rings. The summed E-state index contributed by atoms with van der Waals surface area (Å²) in [6.45, 7) is 1.45. The van der Waals surface area contributed by atoms with E-state index in [2.05, 4.69) is 4.74 Å². The van der Waals surface area contributed by atoms with Crippen LogP contribution in [0.5, 0.6) is 11.5 Å². The largest absolute Gasteiger partial charge is 0.573 e. The van der Waals surface area contributed by atoms with E-state index < -0.39 is 41.1 Å². The molecule has 0 N–H and O–H groups in total. The van der Waals surface area contributed by atoms with Crippen LogP contribution < -0.4 is 9.47 Å². The van der Waals surface area contributed by atoms with E-state index in [-0.39, 0.29) is 17.4 Å². The van der Waals surface area contributed by atoms with Gasteiger partial charge < -0.3 is 9.47 Å². The lowest BCUT2D eigenvalue weighted by Gasteiger charge is -2.13. The summed E-state index contributed by atoms with van der Waals surface area (Å²) in [4.78, 5) is 0. The third-order valence-corrected chi connectivity index (χ3v) is 5.02. The van der Waals surface area contributed by atoms with Gasteiger partial charge in [0.15, 0.2) is 29.0 Å². The highest BCUT2D eigenvalue weighted by Gasteiger charge is 2.34. The van der Waals surface area contributed by atoms with Gasteiger partial charge in [-0.1, -0.05) is 36.4 Å². The fourth-order valence-electron chi connectivity index (χ4n) is 3.47. The van der Waals surface area contributed by atoms with Gasteiger partial charge in [-0.2, -0.15) is 0 Å². The Morgan fingerprint density at radius 3 is 1.91 bits per heavy atom. The van der Waals surface area contributed by atoms with Gasteiger partial charge >= 0.3 is 6.36 Å². The first-order chi connectivity index (χ1) is 16.0. The van der Waals surface area contributed by atoms with Gasteiger partial charge in [0.1, 0.15) is 6.61 Å². The van der Waals surface area contributed by atoms with E-state index in [0.29, 0.717) is 22.3 Å². The van der Waals surface area contributed by atoms with Crippen LogP contribution in [-0.2, 0) is 6.61 Å². The third-order valence-electron chi connectivity index (χ3n) is 5.02. The van der Waals surface area contributed by atoms with Gasteiger partial charge in [0.25, 0.3) is 0 Å². The fraction of sp³-hybridized carbons (Fsp3) is 0.120. The molecule has 0 saturated carbocycles. The van der Waals surface area contributed by atoms with Gasteiger partial charge in [0, 0.05) is 5.39 Å². The fourth-order valence-corrected chi connectivity index (χ4v) is 3.47. The second kappa shape index (κ2) is 8.89. The zero-order chi connectivity index (χ0) is 24.6. The summed E-state index contributed by atoms with van der Waals surface area (Å²) >= 11 is 0. The number of fused-ring (bicyclic) bond motifs is 1. The minimum absolute atomic E-state index is 0.0414. The van der Waals surface area contributed by atoms with Crippen molar-refractivity contribution in [3.05, 3.63) is 95.1 Å². The van der Waals surface area contributed by atoms with Crippen LogP contribution in [0.3, 0.4) is 0 Å². The molecule has 34 heavy (non-hydrogen) atoms. The molecule has 0 spiro atoms. The standard InChI is InChI=1S/C25H15F7O2/c1-13-8-19(26)23(20(27)9-13)33-12-14-2-4-15(5-3-14)16-6-7-18-17(10-16)11-21(28)24(22(18)29)34-25(30,31)32/h2-11H,12H2,1H3. The molecule has 2 nitrogen and oxygen atoms in total. The molecule has 4 aromatic carbocycles. The SMILES string of the molecule is Cc1cc(F)c(OCc2ccc(-c3ccc4c(F)c(OC(F)(F)F)c(F)cc4c3)cc2)c(F)c1. The number of halogens is 7. The van der Waals surface area contributed by atoms with E-state index in [1.165, 1.54) is 18.2 Å². The van der Waals surface area contributed by atoms with Gasteiger partial charge in [0.2, 0.25) is 5.75 Å². The van der Waals surface area contributed by atoms with E-state index in [1.54, 1.807) is 31.2 Å². The molecule has 0 atom stereocenters. The van der Waals surface area contributed by atoms with Crippen LogP contribution in [0.2, 0.25) is 0 Å². The Bertz CT molecular complexity index is 1340. The molecule has 9 heteroatoms. The molecule has 0 radical (unpaired) electrons.